The minimum absolute atomic E-state index is 0.0188. The summed E-state index contributed by atoms with van der Waals surface area (Å²) in [6.45, 7) is 2.56. The van der Waals surface area contributed by atoms with Crippen molar-refractivity contribution in [3.8, 4) is 0 Å². The van der Waals surface area contributed by atoms with E-state index in [0.717, 1.165) is 6.42 Å². The molecule has 9 heteroatoms. The molecule has 2 N–H and O–H groups in total. The van der Waals surface area contributed by atoms with Crippen molar-refractivity contribution in [2.24, 2.45) is 0 Å². The molecule has 0 radical (unpaired) electrons. The number of sulfonamides is 1. The molecule has 108 valence electrons. The number of hydrogen-bond donors (Lipinski definition) is 2. The highest BCUT2D eigenvalue weighted by Crippen LogP contribution is 2.14. The summed E-state index contributed by atoms with van der Waals surface area (Å²) in [6, 6.07) is 0. The fraction of sp³-hybridized carbons (Fsp3) is 0.600. The van der Waals surface area contributed by atoms with Gasteiger partial charge >= 0.3 is 0 Å². The van der Waals surface area contributed by atoms with Gasteiger partial charge in [-0.2, -0.15) is 5.10 Å². The van der Waals surface area contributed by atoms with Crippen LogP contribution in [0.25, 0.3) is 0 Å². The Hall–Kier alpha value is -1.12. The first-order chi connectivity index (χ1) is 8.91. The van der Waals surface area contributed by atoms with Crippen LogP contribution in [0.4, 0.5) is 5.69 Å². The quantitative estimate of drug-likeness (QED) is 0.754. The summed E-state index contributed by atoms with van der Waals surface area (Å²) in [4.78, 5) is 11.8. The molecule has 0 atom stereocenters. The van der Waals surface area contributed by atoms with Crippen molar-refractivity contribution in [2.45, 2.75) is 19.9 Å². The van der Waals surface area contributed by atoms with Gasteiger partial charge in [-0.05, 0) is 13.5 Å². The van der Waals surface area contributed by atoms with Crippen molar-refractivity contribution >= 4 is 27.3 Å². The van der Waals surface area contributed by atoms with Crippen molar-refractivity contribution in [1.82, 2.24) is 14.5 Å². The third kappa shape index (κ3) is 4.48. The van der Waals surface area contributed by atoms with E-state index in [2.05, 4.69) is 15.1 Å². The number of hydrogen-bond acceptors (Lipinski definition) is 5. The van der Waals surface area contributed by atoms with Crippen LogP contribution in [0.15, 0.2) is 11.0 Å². The molecule has 0 bridgehead atoms. The molecule has 7 nitrogen and oxygen atoms in total. The Kier molecular flexibility index (Phi) is 5.77. The summed E-state index contributed by atoms with van der Waals surface area (Å²) in [5.41, 5.74) is -0.0460. The Balaban J connectivity index is 2.76. The van der Waals surface area contributed by atoms with Gasteiger partial charge in [-0.15, -0.1) is 0 Å². The van der Waals surface area contributed by atoms with Crippen LogP contribution < -0.4 is 15.6 Å². The molecule has 0 aromatic carbocycles. The average Bonchev–Trinajstić information content (AvgIpc) is 2.38. The van der Waals surface area contributed by atoms with Crippen molar-refractivity contribution in [3.63, 3.8) is 0 Å². The highest BCUT2D eigenvalue weighted by molar-refractivity contribution is 7.89. The van der Waals surface area contributed by atoms with Gasteiger partial charge in [-0.1, -0.05) is 18.5 Å². The standard InChI is InChI=1S/C10H17ClN4O3S/c1-3-5-15-10(16)9(11)8(7-14-15)13-4-6-19(17,18)12-2/h7,12-13H,3-6H2,1-2H3. The van der Waals surface area contributed by atoms with Crippen LogP contribution in [0, 0.1) is 0 Å². The van der Waals surface area contributed by atoms with E-state index in [1.54, 1.807) is 0 Å². The molecule has 1 aromatic heterocycles. The normalized spacial score (nSPS) is 11.5. The van der Waals surface area contributed by atoms with E-state index in [1.807, 2.05) is 6.92 Å². The summed E-state index contributed by atoms with van der Waals surface area (Å²) < 4.78 is 25.9. The van der Waals surface area contributed by atoms with Gasteiger partial charge in [-0.25, -0.2) is 17.8 Å². The zero-order chi connectivity index (χ0) is 14.5. The van der Waals surface area contributed by atoms with E-state index in [4.69, 9.17) is 11.6 Å². The molecule has 0 saturated heterocycles. The van der Waals surface area contributed by atoms with Gasteiger partial charge in [0, 0.05) is 13.1 Å². The van der Waals surface area contributed by atoms with Crippen molar-refractivity contribution in [2.75, 3.05) is 24.7 Å². The zero-order valence-electron chi connectivity index (χ0n) is 10.8. The topological polar surface area (TPSA) is 93.1 Å². The maximum absolute atomic E-state index is 11.8. The van der Waals surface area contributed by atoms with E-state index in [0.29, 0.717) is 12.2 Å². The summed E-state index contributed by atoms with van der Waals surface area (Å²) in [6.07, 6.45) is 2.20. The van der Waals surface area contributed by atoms with Gasteiger partial charge in [0.2, 0.25) is 10.0 Å². The molecule has 0 aliphatic rings. The number of aromatic nitrogens is 2. The molecular weight excluding hydrogens is 292 g/mol. The number of aryl methyl sites for hydroxylation is 1. The van der Waals surface area contributed by atoms with Crippen LogP contribution in [0.3, 0.4) is 0 Å². The number of nitrogens with zero attached hydrogens (tertiary/aromatic N) is 2. The molecule has 0 saturated carbocycles. The SMILES string of the molecule is CCCn1ncc(NCCS(=O)(=O)NC)c(Cl)c1=O. The molecule has 0 spiro atoms. The van der Waals surface area contributed by atoms with Crippen LogP contribution in [0.2, 0.25) is 5.02 Å². The Bertz CT molecular complexity index is 585. The third-order valence-corrected chi connectivity index (χ3v) is 4.15. The lowest BCUT2D eigenvalue weighted by atomic mass is 10.4. The second-order valence-electron chi connectivity index (χ2n) is 3.85. The highest BCUT2D eigenvalue weighted by Gasteiger charge is 2.10. The number of halogens is 1. The first-order valence-corrected chi connectivity index (χ1v) is 7.85. The maximum atomic E-state index is 11.8. The molecule has 0 fully saturated rings. The third-order valence-electron chi connectivity index (χ3n) is 2.42. The van der Waals surface area contributed by atoms with Gasteiger partial charge < -0.3 is 5.32 Å². The highest BCUT2D eigenvalue weighted by atomic mass is 35.5. The van der Waals surface area contributed by atoms with Crippen LogP contribution in [0.5, 0.6) is 0 Å². The van der Waals surface area contributed by atoms with Crippen LogP contribution in [0.1, 0.15) is 13.3 Å². The Morgan fingerprint density at radius 3 is 2.74 bits per heavy atom. The first-order valence-electron chi connectivity index (χ1n) is 5.82. The lowest BCUT2D eigenvalue weighted by molar-refractivity contribution is 0.568. The second-order valence-corrected chi connectivity index (χ2v) is 6.27. The lowest BCUT2D eigenvalue weighted by Crippen LogP contribution is -2.28. The van der Waals surface area contributed by atoms with Crippen LogP contribution >= 0.6 is 11.6 Å². The van der Waals surface area contributed by atoms with Gasteiger partial charge in [0.05, 0.1) is 17.6 Å². The average molecular weight is 309 g/mol. The molecule has 19 heavy (non-hydrogen) atoms. The molecule has 0 unspecified atom stereocenters. The molecule has 1 rings (SSSR count). The Morgan fingerprint density at radius 2 is 2.16 bits per heavy atom. The number of anilines is 1. The summed E-state index contributed by atoms with van der Waals surface area (Å²) in [5, 5.41) is 6.76. The summed E-state index contributed by atoms with van der Waals surface area (Å²) in [7, 11) is -1.95. The minimum atomic E-state index is -3.29. The first kappa shape index (κ1) is 15.9. The number of rotatable bonds is 7. The maximum Gasteiger partial charge on any atom is 0.287 e. The molecule has 1 aromatic rings. The Labute approximate surface area is 117 Å². The van der Waals surface area contributed by atoms with Crippen molar-refractivity contribution in [1.29, 1.82) is 0 Å². The predicted octanol–water partition coefficient (Wildman–Crippen LogP) is 0.268. The van der Waals surface area contributed by atoms with Gasteiger partial charge in [-0.3, -0.25) is 4.79 Å². The fourth-order valence-electron chi connectivity index (χ4n) is 1.38. The van der Waals surface area contributed by atoms with E-state index >= 15 is 0 Å². The van der Waals surface area contributed by atoms with E-state index in [1.165, 1.54) is 17.9 Å². The molecule has 0 aliphatic carbocycles. The molecule has 1 heterocycles. The molecule has 0 aliphatic heterocycles. The number of nitrogens with one attached hydrogen (secondary N) is 2. The van der Waals surface area contributed by atoms with E-state index < -0.39 is 10.0 Å². The van der Waals surface area contributed by atoms with Crippen molar-refractivity contribution in [3.05, 3.63) is 21.6 Å². The van der Waals surface area contributed by atoms with Gasteiger partial charge in [0.1, 0.15) is 5.02 Å². The molecule has 0 amide bonds. The Morgan fingerprint density at radius 1 is 1.47 bits per heavy atom. The second kappa shape index (κ2) is 6.88. The zero-order valence-corrected chi connectivity index (χ0v) is 12.4. The van der Waals surface area contributed by atoms with Gasteiger partial charge in [0.15, 0.2) is 0 Å². The predicted molar refractivity (Wildman–Crippen MR) is 75.1 cm³/mol. The minimum Gasteiger partial charge on any atom is -0.381 e. The lowest BCUT2D eigenvalue weighted by Gasteiger charge is -2.09. The fourth-order valence-corrected chi connectivity index (χ4v) is 2.17. The summed E-state index contributed by atoms with van der Waals surface area (Å²) in [5.74, 6) is -0.113. The molecular formula is C10H17ClN4O3S. The van der Waals surface area contributed by atoms with E-state index in [-0.39, 0.29) is 22.9 Å². The smallest absolute Gasteiger partial charge is 0.287 e. The van der Waals surface area contributed by atoms with Gasteiger partial charge in [0.25, 0.3) is 5.56 Å². The van der Waals surface area contributed by atoms with Crippen molar-refractivity contribution < 1.29 is 8.42 Å². The van der Waals surface area contributed by atoms with Crippen LogP contribution in [-0.4, -0.2) is 37.5 Å². The summed E-state index contributed by atoms with van der Waals surface area (Å²) >= 11 is 5.92. The van der Waals surface area contributed by atoms with Crippen LogP contribution in [-0.2, 0) is 16.6 Å². The largest absolute Gasteiger partial charge is 0.381 e. The van der Waals surface area contributed by atoms with E-state index in [9.17, 15) is 13.2 Å². The monoisotopic (exact) mass is 308 g/mol.